The average Bonchev–Trinajstić information content (AvgIpc) is 2.73. The van der Waals surface area contributed by atoms with E-state index in [1.54, 1.807) is 26.1 Å². The Morgan fingerprint density at radius 3 is 2.55 bits per heavy atom. The molecule has 0 aromatic heterocycles. The van der Waals surface area contributed by atoms with E-state index >= 15 is 0 Å². The second kappa shape index (κ2) is 14.3. The fourth-order valence-electron chi connectivity index (χ4n) is 2.98. The molecule has 0 aliphatic heterocycles. The van der Waals surface area contributed by atoms with E-state index in [9.17, 15) is 4.79 Å². The number of hydrogen-bond acceptors (Lipinski definition) is 3. The summed E-state index contributed by atoms with van der Waals surface area (Å²) in [4.78, 5) is 18.4. The molecule has 2 rings (SSSR count). The van der Waals surface area contributed by atoms with Gasteiger partial charge in [0.05, 0.1) is 6.54 Å². The summed E-state index contributed by atoms with van der Waals surface area (Å²) in [5.41, 5.74) is 2.79. The number of nitrogens with zero attached hydrogens (tertiary/aromatic N) is 2. The Morgan fingerprint density at radius 2 is 1.90 bits per heavy atom. The van der Waals surface area contributed by atoms with E-state index in [0.717, 1.165) is 30.1 Å². The highest BCUT2D eigenvalue weighted by molar-refractivity contribution is 14.0. The van der Waals surface area contributed by atoms with Crippen LogP contribution in [0.1, 0.15) is 34.5 Å². The second-order valence-electron chi connectivity index (χ2n) is 7.08. The maximum Gasteiger partial charge on any atom is 0.253 e. The maximum absolute atomic E-state index is 12.1. The smallest absolute Gasteiger partial charge is 0.253 e. The van der Waals surface area contributed by atoms with Gasteiger partial charge in [-0.2, -0.15) is 0 Å². The molecule has 2 aromatic carbocycles. The molecule has 0 radical (unpaired) electrons. The van der Waals surface area contributed by atoms with E-state index in [1.807, 2.05) is 55.5 Å². The zero-order valence-corrected chi connectivity index (χ0v) is 21.6. The van der Waals surface area contributed by atoms with Gasteiger partial charge in [-0.05, 0) is 48.7 Å². The van der Waals surface area contributed by atoms with Crippen LogP contribution in [0.25, 0.3) is 0 Å². The molecular formula is C23H32ClIN4O2. The molecule has 0 saturated carbocycles. The number of carbonyl (C=O) groups excluding carboxylic acids is 1. The van der Waals surface area contributed by atoms with Crippen LogP contribution in [-0.2, 0) is 11.2 Å². The van der Waals surface area contributed by atoms with Gasteiger partial charge in [-0.25, -0.2) is 0 Å². The molecule has 0 fully saturated rings. The number of amides is 1. The number of benzene rings is 2. The number of methoxy groups -OCH3 is 1. The largest absolute Gasteiger partial charge is 0.375 e. The summed E-state index contributed by atoms with van der Waals surface area (Å²) in [7, 11) is 5.18. The highest BCUT2D eigenvalue weighted by Crippen LogP contribution is 2.20. The van der Waals surface area contributed by atoms with Crippen molar-refractivity contribution in [1.29, 1.82) is 0 Å². The topological polar surface area (TPSA) is 66.0 Å². The Morgan fingerprint density at radius 1 is 1.16 bits per heavy atom. The summed E-state index contributed by atoms with van der Waals surface area (Å²) in [6, 6.07) is 15.4. The first kappa shape index (κ1) is 27.2. The first-order valence-corrected chi connectivity index (χ1v) is 10.4. The molecule has 0 aliphatic carbocycles. The molecule has 0 heterocycles. The van der Waals surface area contributed by atoms with E-state index in [0.29, 0.717) is 23.7 Å². The molecule has 1 atom stereocenters. The zero-order valence-electron chi connectivity index (χ0n) is 18.5. The third-order valence-corrected chi connectivity index (χ3v) is 4.79. The molecule has 0 saturated heterocycles. The van der Waals surface area contributed by atoms with Crippen molar-refractivity contribution in [3.05, 3.63) is 70.2 Å². The third kappa shape index (κ3) is 9.04. The predicted molar refractivity (Wildman–Crippen MR) is 139 cm³/mol. The van der Waals surface area contributed by atoms with Crippen LogP contribution in [0, 0.1) is 0 Å². The van der Waals surface area contributed by atoms with Gasteiger partial charge in [0.15, 0.2) is 5.96 Å². The Hall–Kier alpha value is -1.84. The lowest BCUT2D eigenvalue weighted by molar-refractivity contribution is 0.0827. The summed E-state index contributed by atoms with van der Waals surface area (Å²) in [5, 5.41) is 7.28. The molecular weight excluding hydrogens is 527 g/mol. The number of hydrogen-bond donors (Lipinski definition) is 2. The lowest BCUT2D eigenvalue weighted by Crippen LogP contribution is -2.38. The summed E-state index contributed by atoms with van der Waals surface area (Å²) < 4.78 is 5.59. The molecule has 2 aromatic rings. The van der Waals surface area contributed by atoms with Crippen molar-refractivity contribution in [1.82, 2.24) is 15.5 Å². The van der Waals surface area contributed by atoms with Crippen LogP contribution >= 0.6 is 35.6 Å². The minimum Gasteiger partial charge on any atom is -0.375 e. The van der Waals surface area contributed by atoms with Crippen molar-refractivity contribution in [2.45, 2.75) is 19.4 Å². The highest BCUT2D eigenvalue weighted by atomic mass is 127. The lowest BCUT2D eigenvalue weighted by atomic mass is 10.1. The Balaban J connectivity index is 0.00000480. The molecule has 170 valence electrons. The van der Waals surface area contributed by atoms with E-state index in [-0.39, 0.29) is 36.0 Å². The minimum absolute atomic E-state index is 0. The molecule has 0 bridgehead atoms. The zero-order chi connectivity index (χ0) is 21.9. The highest BCUT2D eigenvalue weighted by Gasteiger charge is 2.11. The first-order valence-electron chi connectivity index (χ1n) is 10.1. The molecule has 31 heavy (non-hydrogen) atoms. The number of halogens is 2. The van der Waals surface area contributed by atoms with Crippen LogP contribution in [0.5, 0.6) is 0 Å². The number of ether oxygens (including phenoxy) is 1. The van der Waals surface area contributed by atoms with Gasteiger partial charge in [-0.1, -0.05) is 35.9 Å². The van der Waals surface area contributed by atoms with Crippen molar-refractivity contribution < 1.29 is 9.53 Å². The summed E-state index contributed by atoms with van der Waals surface area (Å²) in [6.07, 6.45) is 0.605. The van der Waals surface area contributed by atoms with Crippen molar-refractivity contribution in [3.63, 3.8) is 0 Å². The number of aliphatic imine (C=N–C) groups is 1. The normalized spacial score (nSPS) is 12.0. The van der Waals surface area contributed by atoms with Crippen molar-refractivity contribution >= 4 is 47.4 Å². The Labute approximate surface area is 207 Å². The van der Waals surface area contributed by atoms with Crippen LogP contribution in [0.2, 0.25) is 5.02 Å². The van der Waals surface area contributed by atoms with Gasteiger partial charge >= 0.3 is 0 Å². The van der Waals surface area contributed by atoms with Crippen LogP contribution in [-0.4, -0.2) is 57.6 Å². The molecule has 1 amide bonds. The molecule has 8 heteroatoms. The number of rotatable bonds is 9. The lowest BCUT2D eigenvalue weighted by Gasteiger charge is -2.16. The van der Waals surface area contributed by atoms with Gasteiger partial charge in [-0.3, -0.25) is 9.79 Å². The summed E-state index contributed by atoms with van der Waals surface area (Å²) in [6.45, 7) is 3.95. The van der Waals surface area contributed by atoms with E-state index in [4.69, 9.17) is 16.3 Å². The van der Waals surface area contributed by atoms with Crippen molar-refractivity contribution in [2.24, 2.45) is 4.99 Å². The minimum atomic E-state index is -0.173. The molecule has 1 unspecified atom stereocenters. The predicted octanol–water partition coefficient (Wildman–Crippen LogP) is 4.15. The fraction of sp³-hybridized carbons (Fsp3) is 0.391. The second-order valence-corrected chi connectivity index (χ2v) is 7.51. The number of nitrogens with one attached hydrogen (secondary N) is 2. The first-order chi connectivity index (χ1) is 14.4. The van der Waals surface area contributed by atoms with Gasteiger partial charge in [0.25, 0.3) is 5.91 Å². The summed E-state index contributed by atoms with van der Waals surface area (Å²) in [5.74, 6) is 0.730. The summed E-state index contributed by atoms with van der Waals surface area (Å²) >= 11 is 6.09. The fourth-order valence-corrected chi connectivity index (χ4v) is 3.18. The number of guanidine groups is 1. The Bertz CT molecular complexity index is 861. The van der Waals surface area contributed by atoms with Crippen molar-refractivity contribution in [3.8, 4) is 0 Å². The van der Waals surface area contributed by atoms with E-state index < -0.39 is 0 Å². The van der Waals surface area contributed by atoms with Crippen LogP contribution in [0.15, 0.2) is 53.5 Å². The quantitative estimate of drug-likeness (QED) is 0.276. The van der Waals surface area contributed by atoms with Gasteiger partial charge in [0.1, 0.15) is 6.10 Å². The molecule has 6 nitrogen and oxygen atoms in total. The maximum atomic E-state index is 12.1. The van der Waals surface area contributed by atoms with Crippen molar-refractivity contribution in [2.75, 3.05) is 40.8 Å². The van der Waals surface area contributed by atoms with Crippen LogP contribution in [0.3, 0.4) is 0 Å². The number of carbonyl (C=O) groups is 1. The standard InChI is InChI=1S/C23H31ClN4O2.HI/c1-5-25-23(27-16-21(30-4)18-9-7-11-20(24)15-18)26-13-12-17-8-6-10-19(14-17)22(29)28(2)3;/h6-11,14-15,21H,5,12-13,16H2,1-4H3,(H2,25,26,27);1H. The van der Waals surface area contributed by atoms with Gasteiger partial charge in [-0.15, -0.1) is 24.0 Å². The van der Waals surface area contributed by atoms with E-state index in [1.165, 1.54) is 0 Å². The Kier molecular flexibility index (Phi) is 12.5. The third-order valence-electron chi connectivity index (χ3n) is 4.55. The van der Waals surface area contributed by atoms with Gasteiger partial charge < -0.3 is 20.3 Å². The average molecular weight is 559 g/mol. The molecule has 0 aliphatic rings. The van der Waals surface area contributed by atoms with Gasteiger partial charge in [0.2, 0.25) is 0 Å². The van der Waals surface area contributed by atoms with Crippen LogP contribution < -0.4 is 10.6 Å². The van der Waals surface area contributed by atoms with E-state index in [2.05, 4.69) is 15.6 Å². The molecule has 0 spiro atoms. The van der Waals surface area contributed by atoms with Gasteiger partial charge in [0, 0.05) is 44.9 Å². The van der Waals surface area contributed by atoms with Crippen LogP contribution in [0.4, 0.5) is 0 Å². The monoisotopic (exact) mass is 558 g/mol. The molecule has 2 N–H and O–H groups in total. The SMILES string of the molecule is CCNC(=NCC(OC)c1cccc(Cl)c1)NCCc1cccc(C(=O)N(C)C)c1.I.